The number of esters is 1. The molecule has 2 aromatic heterocycles. The fourth-order valence-corrected chi connectivity index (χ4v) is 4.67. The number of carbonyl (C=O) groups is 1. The number of rotatable bonds is 10. The molecular weight excluding hydrogens is 504 g/mol. The molecule has 192 valence electrons. The summed E-state index contributed by atoms with van der Waals surface area (Å²) in [6, 6.07) is 11.5. The van der Waals surface area contributed by atoms with Crippen LogP contribution in [0, 0.1) is 17.0 Å². The summed E-state index contributed by atoms with van der Waals surface area (Å²) >= 11 is 0. The first-order chi connectivity index (χ1) is 17.8. The zero-order valence-corrected chi connectivity index (χ0v) is 20.9. The number of methoxy groups -OCH3 is 2. The van der Waals surface area contributed by atoms with Crippen LogP contribution in [0.1, 0.15) is 27.2 Å². The minimum atomic E-state index is -1.55. The number of aromatic amines is 1. The van der Waals surface area contributed by atoms with E-state index in [2.05, 4.69) is 19.8 Å². The van der Waals surface area contributed by atoms with Gasteiger partial charge in [-0.1, -0.05) is 12.1 Å². The zero-order chi connectivity index (χ0) is 26.5. The first-order valence-electron chi connectivity index (χ1n) is 10.8. The Balaban J connectivity index is 1.52. The van der Waals surface area contributed by atoms with Crippen LogP contribution < -0.4 is 14.2 Å². The number of fused-ring (bicyclic) bond motifs is 1. The maximum Gasteiger partial charge on any atom is 0.348 e. The molecule has 1 N–H and O–H groups in total. The number of aromatic nitrogens is 3. The normalized spacial score (nSPS) is 11.6. The minimum absolute atomic E-state index is 0.0347. The number of ether oxygens (including phenoxy) is 3. The fourth-order valence-electron chi connectivity index (χ4n) is 3.57. The molecule has 12 nitrogen and oxygen atoms in total. The van der Waals surface area contributed by atoms with Crippen LogP contribution in [0.3, 0.4) is 0 Å². The molecule has 0 aliphatic carbocycles. The van der Waals surface area contributed by atoms with Crippen molar-refractivity contribution >= 4 is 27.8 Å². The number of H-pyrrole nitrogens is 1. The van der Waals surface area contributed by atoms with E-state index in [0.717, 1.165) is 0 Å². The number of hydrogen-bond donors (Lipinski definition) is 1. The summed E-state index contributed by atoms with van der Waals surface area (Å²) in [6.45, 7) is 1.42. The van der Waals surface area contributed by atoms with Crippen molar-refractivity contribution in [3.8, 4) is 17.2 Å². The molecule has 0 aliphatic heterocycles. The number of nitrogens with one attached hydrogen (secondary N) is 1. The monoisotopic (exact) mass is 526 g/mol. The zero-order valence-electron chi connectivity index (χ0n) is 20.0. The Morgan fingerprint density at radius 2 is 1.95 bits per heavy atom. The summed E-state index contributed by atoms with van der Waals surface area (Å²) in [5, 5.41) is 9.79. The molecule has 0 saturated carbocycles. The van der Waals surface area contributed by atoms with Crippen LogP contribution in [-0.2, 0) is 28.0 Å². The summed E-state index contributed by atoms with van der Waals surface area (Å²) in [7, 11) is 1.41. The van der Waals surface area contributed by atoms with E-state index in [1.807, 2.05) is 0 Å². The smallest absolute Gasteiger partial charge is 0.348 e. The molecule has 0 bridgehead atoms. The molecule has 2 heterocycles. The van der Waals surface area contributed by atoms with Gasteiger partial charge in [0.2, 0.25) is 0 Å². The second-order valence-corrected chi connectivity index (χ2v) is 9.09. The Morgan fingerprint density at radius 1 is 1.14 bits per heavy atom. The van der Waals surface area contributed by atoms with Crippen molar-refractivity contribution in [2.75, 3.05) is 14.2 Å². The largest absolute Gasteiger partial charge is 0.497 e. The number of carbonyl (C=O) groups excluding carboxylic acids is 1. The van der Waals surface area contributed by atoms with Crippen LogP contribution >= 0.6 is 0 Å². The number of pyridine rings is 1. The van der Waals surface area contributed by atoms with Crippen molar-refractivity contribution in [3.05, 3.63) is 81.2 Å². The summed E-state index contributed by atoms with van der Waals surface area (Å²) in [6.07, 6.45) is 1.30. The summed E-state index contributed by atoms with van der Waals surface area (Å²) in [5.41, 5.74) is 2.85. The lowest BCUT2D eigenvalue weighted by atomic mass is 10.1. The molecule has 0 radical (unpaired) electrons. The molecule has 0 spiro atoms. The van der Waals surface area contributed by atoms with Gasteiger partial charge in [-0.15, -0.1) is 10.1 Å². The van der Waals surface area contributed by atoms with Gasteiger partial charge in [-0.25, -0.2) is 9.78 Å². The third kappa shape index (κ3) is 5.83. The Kier molecular flexibility index (Phi) is 7.63. The van der Waals surface area contributed by atoms with Gasteiger partial charge < -0.3 is 24.0 Å². The van der Waals surface area contributed by atoms with Gasteiger partial charge in [0.25, 0.3) is 5.09 Å². The molecule has 0 aliphatic rings. The molecule has 1 atom stereocenters. The van der Waals surface area contributed by atoms with Crippen LogP contribution in [0.15, 0.2) is 53.8 Å². The molecule has 0 amide bonds. The first kappa shape index (κ1) is 25.6. The third-order valence-corrected chi connectivity index (χ3v) is 6.55. The van der Waals surface area contributed by atoms with E-state index in [1.54, 1.807) is 44.4 Å². The molecule has 0 saturated heterocycles. The third-order valence-electron chi connectivity index (χ3n) is 5.39. The van der Waals surface area contributed by atoms with E-state index in [-0.39, 0.29) is 34.6 Å². The van der Waals surface area contributed by atoms with Crippen molar-refractivity contribution in [2.45, 2.75) is 24.4 Å². The molecule has 4 rings (SSSR count). The highest BCUT2D eigenvalue weighted by molar-refractivity contribution is 7.84. The molecule has 13 heteroatoms. The lowest BCUT2D eigenvalue weighted by Crippen LogP contribution is -2.14. The Morgan fingerprint density at radius 3 is 2.68 bits per heavy atom. The molecule has 1 unspecified atom stereocenters. The van der Waals surface area contributed by atoms with Gasteiger partial charge in [-0.3, -0.25) is 9.19 Å². The first-order valence-corrected chi connectivity index (χ1v) is 12.1. The quantitative estimate of drug-likeness (QED) is 0.140. The molecule has 0 fully saturated rings. The highest BCUT2D eigenvalue weighted by atomic mass is 32.2. The van der Waals surface area contributed by atoms with E-state index in [4.69, 9.17) is 14.2 Å². The van der Waals surface area contributed by atoms with E-state index in [1.165, 1.54) is 25.4 Å². The number of benzene rings is 2. The number of nitrogens with zero attached hydrogens (tertiary/aromatic N) is 3. The Bertz CT molecular complexity index is 1500. The van der Waals surface area contributed by atoms with Gasteiger partial charge >= 0.3 is 5.97 Å². The van der Waals surface area contributed by atoms with Crippen LogP contribution in [0.5, 0.6) is 17.2 Å². The van der Waals surface area contributed by atoms with E-state index >= 15 is 0 Å². The summed E-state index contributed by atoms with van der Waals surface area (Å²) < 4.78 is 29.1. The van der Waals surface area contributed by atoms with Crippen molar-refractivity contribution in [1.82, 2.24) is 15.0 Å². The second kappa shape index (κ2) is 11.0. The van der Waals surface area contributed by atoms with Gasteiger partial charge in [0.05, 0.1) is 47.5 Å². The van der Waals surface area contributed by atoms with Gasteiger partial charge in [0, 0.05) is 17.8 Å². The average molecular weight is 527 g/mol. The van der Waals surface area contributed by atoms with Crippen molar-refractivity contribution in [3.63, 3.8) is 0 Å². The lowest BCUT2D eigenvalue weighted by Gasteiger charge is -2.14. The van der Waals surface area contributed by atoms with Gasteiger partial charge in [-0.05, 0) is 36.8 Å². The predicted molar refractivity (Wildman–Crippen MR) is 131 cm³/mol. The Labute approximate surface area is 213 Å². The van der Waals surface area contributed by atoms with Gasteiger partial charge in [0.1, 0.15) is 29.4 Å². The fraction of sp³-hybridized carbons (Fsp3) is 0.208. The van der Waals surface area contributed by atoms with Crippen LogP contribution in [0.25, 0.3) is 11.0 Å². The molecular formula is C24H22N4O8S. The van der Waals surface area contributed by atoms with E-state index in [0.29, 0.717) is 33.6 Å². The average Bonchev–Trinajstić information content (AvgIpc) is 3.32. The maximum absolute atomic E-state index is 13.0. The maximum atomic E-state index is 13.0. The van der Waals surface area contributed by atoms with Gasteiger partial charge in [-0.2, -0.15) is 0 Å². The van der Waals surface area contributed by atoms with E-state index < -0.39 is 21.9 Å². The van der Waals surface area contributed by atoms with Gasteiger partial charge in [0.15, 0.2) is 5.16 Å². The highest BCUT2D eigenvalue weighted by Gasteiger charge is 2.22. The summed E-state index contributed by atoms with van der Waals surface area (Å²) in [5.74, 6) is 0.344. The highest BCUT2D eigenvalue weighted by Crippen LogP contribution is 2.28. The van der Waals surface area contributed by atoms with Crippen molar-refractivity contribution in [2.24, 2.45) is 0 Å². The lowest BCUT2D eigenvalue weighted by molar-refractivity contribution is -0.763. The standard InChI is InChI=1S/C24H22N4O8S/c1-14-21(13-37(32)24-26-19-8-7-16(33-2)10-20(19)27-24)25-11-18(22(14)34-3)23(29)36-17-6-4-5-15(9-17)12-35-28(30)31/h4-11H,12-13H2,1-3H3,(H,26,27). The SMILES string of the molecule is COc1ccc2nc(S(=O)Cc3ncc(C(=O)Oc4cccc(CO[N+](=O)[O-])c4)c(OC)c3C)[nH]c2c1. The molecule has 4 aromatic rings. The van der Waals surface area contributed by atoms with E-state index in [9.17, 15) is 19.1 Å². The van der Waals surface area contributed by atoms with Crippen LogP contribution in [0.4, 0.5) is 0 Å². The molecule has 37 heavy (non-hydrogen) atoms. The van der Waals surface area contributed by atoms with Crippen molar-refractivity contribution < 1.29 is 33.1 Å². The Hall–Kier alpha value is -4.52. The van der Waals surface area contributed by atoms with Crippen LogP contribution in [-0.4, -0.2) is 44.4 Å². The topological polar surface area (TPSA) is 156 Å². The van der Waals surface area contributed by atoms with Crippen LogP contribution in [0.2, 0.25) is 0 Å². The number of imidazole rings is 1. The minimum Gasteiger partial charge on any atom is -0.497 e. The second-order valence-electron chi connectivity index (χ2n) is 7.73. The summed E-state index contributed by atoms with van der Waals surface area (Å²) in [4.78, 5) is 39.4. The number of hydrogen-bond acceptors (Lipinski definition) is 10. The molecule has 2 aromatic carbocycles. The van der Waals surface area contributed by atoms with Crippen molar-refractivity contribution in [1.29, 1.82) is 0 Å². The predicted octanol–water partition coefficient (Wildman–Crippen LogP) is 3.52.